The Morgan fingerprint density at radius 3 is 2.13 bits per heavy atom. The van der Waals surface area contributed by atoms with Crippen molar-refractivity contribution in [1.29, 1.82) is 0 Å². The monoisotopic (exact) mass is 226 g/mol. The van der Waals surface area contributed by atoms with Crippen LogP contribution >= 0.6 is 0 Å². The van der Waals surface area contributed by atoms with Gasteiger partial charge in [-0.25, -0.2) is 0 Å². The average Bonchev–Trinajstić information content (AvgIpc) is 2.49. The second kappa shape index (κ2) is 4.83. The molecule has 15 heavy (non-hydrogen) atoms. The van der Waals surface area contributed by atoms with Crippen molar-refractivity contribution in [3.8, 4) is 0 Å². The van der Waals surface area contributed by atoms with Gasteiger partial charge < -0.3 is 4.74 Å². The summed E-state index contributed by atoms with van der Waals surface area (Å²) in [5.74, 6) is 0. The van der Waals surface area contributed by atoms with Gasteiger partial charge in [0.25, 0.3) is 0 Å². The predicted molar refractivity (Wildman–Crippen MR) is 69.9 cm³/mol. The molecule has 1 aliphatic heterocycles. The van der Waals surface area contributed by atoms with Crippen LogP contribution in [0.4, 0.5) is 0 Å². The molecule has 0 atom stereocenters. The van der Waals surface area contributed by atoms with E-state index in [-0.39, 0.29) is 5.60 Å². The lowest BCUT2D eigenvalue weighted by Gasteiger charge is -2.37. The van der Waals surface area contributed by atoms with Gasteiger partial charge in [-0.15, -0.1) is 0 Å². The van der Waals surface area contributed by atoms with Gasteiger partial charge in [0, 0.05) is 0 Å². The van der Waals surface area contributed by atoms with Gasteiger partial charge in [-0.1, -0.05) is 57.6 Å². The molecule has 0 N–H and O–H groups in total. The van der Waals surface area contributed by atoms with Gasteiger partial charge in [0.05, 0.1) is 20.3 Å². The van der Waals surface area contributed by atoms with Gasteiger partial charge >= 0.3 is 0 Å². The van der Waals surface area contributed by atoms with E-state index in [1.165, 1.54) is 25.7 Å². The van der Waals surface area contributed by atoms with E-state index < -0.39 is 8.07 Å². The summed E-state index contributed by atoms with van der Waals surface area (Å²) in [6.45, 7) is 12.7. The molecular formula is C13H26OSi. The van der Waals surface area contributed by atoms with E-state index in [4.69, 9.17) is 4.74 Å². The fraction of sp³-hybridized carbons (Fsp3) is 0.846. The van der Waals surface area contributed by atoms with Crippen molar-refractivity contribution < 1.29 is 4.74 Å². The van der Waals surface area contributed by atoms with Gasteiger partial charge in [0.1, 0.15) is 0 Å². The van der Waals surface area contributed by atoms with Crippen LogP contribution in [0.15, 0.2) is 11.3 Å². The standard InChI is InChI=1S/C13H26OSi/c1-6-9-13(10-7-2)12(8-11-14-13)15(3,4)5/h8H,6-7,9-11H2,1-5H3. The molecule has 1 rings (SSSR count). The molecule has 0 fully saturated rings. The third-order valence-corrected chi connectivity index (χ3v) is 5.53. The zero-order valence-corrected chi connectivity index (χ0v) is 12.0. The van der Waals surface area contributed by atoms with Crippen LogP contribution in [0, 0.1) is 0 Å². The minimum absolute atomic E-state index is 0.119. The summed E-state index contributed by atoms with van der Waals surface area (Å²) < 4.78 is 6.10. The van der Waals surface area contributed by atoms with E-state index in [2.05, 4.69) is 39.6 Å². The Bertz CT molecular complexity index is 231. The molecule has 0 aliphatic carbocycles. The first-order valence-electron chi connectivity index (χ1n) is 6.31. The zero-order valence-electron chi connectivity index (χ0n) is 11.0. The van der Waals surface area contributed by atoms with Crippen molar-refractivity contribution in [3.05, 3.63) is 11.3 Å². The third kappa shape index (κ3) is 2.73. The summed E-state index contributed by atoms with van der Waals surface area (Å²) in [6.07, 6.45) is 7.23. The molecule has 0 aromatic heterocycles. The maximum atomic E-state index is 6.10. The van der Waals surface area contributed by atoms with Crippen LogP contribution in [0.3, 0.4) is 0 Å². The van der Waals surface area contributed by atoms with E-state index in [0.29, 0.717) is 0 Å². The SMILES string of the molecule is CCCC1(CCC)OCC=C1[Si](C)(C)C. The summed E-state index contributed by atoms with van der Waals surface area (Å²) >= 11 is 0. The molecule has 1 heterocycles. The lowest BCUT2D eigenvalue weighted by molar-refractivity contribution is 0.00747. The lowest BCUT2D eigenvalue weighted by Crippen LogP contribution is -2.41. The highest BCUT2D eigenvalue weighted by molar-refractivity contribution is 6.83. The van der Waals surface area contributed by atoms with Crippen LogP contribution in [0.2, 0.25) is 19.6 Å². The summed E-state index contributed by atoms with van der Waals surface area (Å²) in [5, 5.41) is 1.67. The molecule has 0 spiro atoms. The average molecular weight is 226 g/mol. The van der Waals surface area contributed by atoms with E-state index in [1.54, 1.807) is 5.20 Å². The highest BCUT2D eigenvalue weighted by atomic mass is 28.3. The lowest BCUT2D eigenvalue weighted by atomic mass is 9.92. The molecule has 1 aliphatic rings. The fourth-order valence-electron chi connectivity index (χ4n) is 2.88. The van der Waals surface area contributed by atoms with Crippen LogP contribution in [0.5, 0.6) is 0 Å². The summed E-state index contributed by atoms with van der Waals surface area (Å²) in [5.41, 5.74) is 0.119. The van der Waals surface area contributed by atoms with Crippen molar-refractivity contribution in [3.63, 3.8) is 0 Å². The summed E-state index contributed by atoms with van der Waals surface area (Å²) in [6, 6.07) is 0. The predicted octanol–water partition coefficient (Wildman–Crippen LogP) is 4.16. The van der Waals surface area contributed by atoms with E-state index in [9.17, 15) is 0 Å². The van der Waals surface area contributed by atoms with Crippen LogP contribution in [-0.4, -0.2) is 20.3 Å². The van der Waals surface area contributed by atoms with Gasteiger partial charge in [-0.2, -0.15) is 0 Å². The minimum Gasteiger partial charge on any atom is -0.367 e. The van der Waals surface area contributed by atoms with Gasteiger partial charge in [-0.05, 0) is 12.8 Å². The molecule has 88 valence electrons. The number of ether oxygens (including phenoxy) is 1. The first kappa shape index (κ1) is 13.0. The van der Waals surface area contributed by atoms with Crippen molar-refractivity contribution in [2.24, 2.45) is 0 Å². The molecule has 0 unspecified atom stereocenters. The second-order valence-corrected chi connectivity index (χ2v) is 10.7. The molecular weight excluding hydrogens is 200 g/mol. The van der Waals surface area contributed by atoms with Gasteiger partial charge in [-0.3, -0.25) is 0 Å². The highest BCUT2D eigenvalue weighted by Gasteiger charge is 2.42. The largest absolute Gasteiger partial charge is 0.367 e. The van der Waals surface area contributed by atoms with E-state index in [1.807, 2.05) is 0 Å². The van der Waals surface area contributed by atoms with Gasteiger partial charge in [0.15, 0.2) is 0 Å². The molecule has 2 heteroatoms. The maximum Gasteiger partial charge on any atom is 0.0861 e. The van der Waals surface area contributed by atoms with Crippen molar-refractivity contribution in [2.75, 3.05) is 6.61 Å². The molecule has 0 saturated heterocycles. The highest BCUT2D eigenvalue weighted by Crippen LogP contribution is 2.40. The summed E-state index contributed by atoms with van der Waals surface area (Å²) in [7, 11) is -1.20. The quantitative estimate of drug-likeness (QED) is 0.640. The van der Waals surface area contributed by atoms with E-state index >= 15 is 0 Å². The molecule has 1 nitrogen and oxygen atoms in total. The Morgan fingerprint density at radius 2 is 1.73 bits per heavy atom. The Hall–Kier alpha value is -0.0831. The Labute approximate surface area is 95.9 Å². The Morgan fingerprint density at radius 1 is 1.20 bits per heavy atom. The maximum absolute atomic E-state index is 6.10. The van der Waals surface area contributed by atoms with Crippen LogP contribution < -0.4 is 0 Å². The molecule has 0 amide bonds. The van der Waals surface area contributed by atoms with Gasteiger partial charge in [0.2, 0.25) is 0 Å². The number of hydrogen-bond acceptors (Lipinski definition) is 1. The normalized spacial score (nSPS) is 20.5. The second-order valence-electron chi connectivity index (χ2n) is 5.67. The topological polar surface area (TPSA) is 9.23 Å². The van der Waals surface area contributed by atoms with Crippen molar-refractivity contribution in [2.45, 2.75) is 64.8 Å². The van der Waals surface area contributed by atoms with Crippen LogP contribution in [-0.2, 0) is 4.74 Å². The first-order valence-corrected chi connectivity index (χ1v) is 9.81. The fourth-order valence-corrected chi connectivity index (χ4v) is 5.27. The van der Waals surface area contributed by atoms with E-state index in [0.717, 1.165) is 6.61 Å². The smallest absolute Gasteiger partial charge is 0.0861 e. The Kier molecular flexibility index (Phi) is 4.18. The van der Waals surface area contributed by atoms with Crippen LogP contribution in [0.1, 0.15) is 39.5 Å². The zero-order chi connectivity index (χ0) is 11.5. The molecule has 0 bridgehead atoms. The number of rotatable bonds is 5. The summed E-state index contributed by atoms with van der Waals surface area (Å²) in [4.78, 5) is 0. The minimum atomic E-state index is -1.20. The number of hydrogen-bond donors (Lipinski definition) is 0. The van der Waals surface area contributed by atoms with Crippen molar-refractivity contribution >= 4 is 8.07 Å². The molecule has 0 aromatic rings. The molecule has 0 radical (unpaired) electrons. The Balaban J connectivity index is 2.93. The first-order chi connectivity index (χ1) is 6.96. The third-order valence-electron chi connectivity index (χ3n) is 3.25. The molecule has 0 saturated carbocycles. The van der Waals surface area contributed by atoms with Crippen LogP contribution in [0.25, 0.3) is 0 Å². The molecule has 0 aromatic carbocycles. The van der Waals surface area contributed by atoms with Crippen molar-refractivity contribution in [1.82, 2.24) is 0 Å².